The molecule has 204 valence electrons. The number of benzene rings is 1. The van der Waals surface area contributed by atoms with E-state index in [0.29, 0.717) is 5.92 Å². The molecule has 0 aliphatic rings. The first-order valence-electron chi connectivity index (χ1n) is 12.4. The molecule has 0 saturated carbocycles. The minimum atomic E-state index is 0. The van der Waals surface area contributed by atoms with Gasteiger partial charge in [0.1, 0.15) is 0 Å². The van der Waals surface area contributed by atoms with Gasteiger partial charge in [0.25, 0.3) is 0 Å². The Morgan fingerprint density at radius 2 is 1.29 bits per heavy atom. The summed E-state index contributed by atoms with van der Waals surface area (Å²) in [6, 6.07) is 32.0. The summed E-state index contributed by atoms with van der Waals surface area (Å²) >= 11 is 1.74. The van der Waals surface area contributed by atoms with Gasteiger partial charge in [0.05, 0.1) is 0 Å². The van der Waals surface area contributed by atoms with E-state index in [1.807, 2.05) is 30.3 Å². The molecular weight excluding hydrogens is 642 g/mol. The first kappa shape index (κ1) is 39.2. The molecule has 0 radical (unpaired) electrons. The molecule has 0 aromatic heterocycles. The maximum atomic E-state index is 2.34. The van der Waals surface area contributed by atoms with Gasteiger partial charge in [-0.2, -0.15) is 70.1 Å². The second kappa shape index (κ2) is 20.0. The molecule has 0 saturated heterocycles. The Hall–Kier alpha value is -0.921. The van der Waals surface area contributed by atoms with E-state index in [1.54, 1.807) is 23.3 Å². The molecule has 0 unspecified atom stereocenters. The molecule has 38 heavy (non-hydrogen) atoms. The molecule has 0 amide bonds. The van der Waals surface area contributed by atoms with Gasteiger partial charge in [-0.15, -0.1) is 58.5 Å². The van der Waals surface area contributed by atoms with Crippen molar-refractivity contribution in [2.24, 2.45) is 0 Å². The third-order valence-corrected chi connectivity index (χ3v) is 6.15. The predicted octanol–water partition coefficient (Wildman–Crippen LogP) is 3.90. The normalized spacial score (nSPS) is 9.34. The van der Waals surface area contributed by atoms with Crippen molar-refractivity contribution in [2.75, 3.05) is 0 Å². The van der Waals surface area contributed by atoms with Crippen molar-refractivity contribution in [3.05, 3.63) is 119 Å². The molecule has 0 atom stereocenters. The summed E-state index contributed by atoms with van der Waals surface area (Å²) in [4.78, 5) is 0. The Morgan fingerprint density at radius 3 is 1.66 bits per heavy atom. The van der Waals surface area contributed by atoms with Gasteiger partial charge in [0, 0.05) is 0 Å². The molecule has 0 aliphatic carbocycles. The topological polar surface area (TPSA) is 0 Å². The number of fused-ring (bicyclic) bond motifs is 1. The molecule has 0 bridgehead atoms. The zero-order valence-electron chi connectivity index (χ0n) is 23.8. The van der Waals surface area contributed by atoms with Crippen LogP contribution in [0.3, 0.4) is 0 Å². The van der Waals surface area contributed by atoms with Crippen LogP contribution in [0.2, 0.25) is 13.1 Å². The van der Waals surface area contributed by atoms with Crippen LogP contribution >= 0.6 is 0 Å². The van der Waals surface area contributed by atoms with Gasteiger partial charge in [0.2, 0.25) is 0 Å². The summed E-state index contributed by atoms with van der Waals surface area (Å²) in [5.41, 5.74) is 10.0. The van der Waals surface area contributed by atoms with Crippen molar-refractivity contribution >= 4 is 16.2 Å². The summed E-state index contributed by atoms with van der Waals surface area (Å²) in [7, 11) is 0. The van der Waals surface area contributed by atoms with E-state index < -0.39 is 0 Å². The summed E-state index contributed by atoms with van der Waals surface area (Å²) in [6.07, 6.45) is 0. The Kier molecular flexibility index (Phi) is 20.7. The van der Waals surface area contributed by atoms with Crippen LogP contribution in [-0.4, -0.2) is 5.43 Å². The summed E-state index contributed by atoms with van der Waals surface area (Å²) in [5, 5.41) is 2.73. The third-order valence-electron chi connectivity index (χ3n) is 6.15. The van der Waals surface area contributed by atoms with Crippen molar-refractivity contribution in [2.45, 2.75) is 60.6 Å². The van der Waals surface area contributed by atoms with E-state index in [2.05, 4.69) is 115 Å². The van der Waals surface area contributed by atoms with Gasteiger partial charge in [-0.3, -0.25) is 0 Å². The van der Waals surface area contributed by atoms with Crippen molar-refractivity contribution in [1.29, 1.82) is 0 Å². The van der Waals surface area contributed by atoms with Gasteiger partial charge in [0.15, 0.2) is 0 Å². The Labute approximate surface area is 269 Å². The average molecular weight is 683 g/mol. The van der Waals surface area contributed by atoms with E-state index in [1.165, 1.54) is 49.7 Å². The quantitative estimate of drug-likeness (QED) is 0.196. The average Bonchev–Trinajstić information content (AvgIpc) is 3.61. The van der Waals surface area contributed by atoms with Crippen molar-refractivity contribution in [1.82, 2.24) is 0 Å². The van der Waals surface area contributed by atoms with E-state index >= 15 is 0 Å². The first-order valence-corrected chi connectivity index (χ1v) is 18.6. The Morgan fingerprint density at radius 1 is 0.789 bits per heavy atom. The fourth-order valence-corrected chi connectivity index (χ4v) is 3.85. The SMILES string of the molecule is CC(C)c1cc2c(-[c-]3cccc3)cccc2[cH-]1.C[Si](C)=[Zr+2].Cc1[cH-]c(C)c(C)c1C.[Cl-].[Cl-].[Fe+2].c1cc[cH-]c1. The molecule has 5 heteroatoms. The van der Waals surface area contributed by atoms with E-state index in [0.717, 1.165) is 0 Å². The number of hydrogen-bond acceptors (Lipinski definition) is 0. The number of hydrogen-bond donors (Lipinski definition) is 0. The third kappa shape index (κ3) is 12.5. The smallest absolute Gasteiger partial charge is 1.00 e. The van der Waals surface area contributed by atoms with Crippen LogP contribution in [0.4, 0.5) is 0 Å². The summed E-state index contributed by atoms with van der Waals surface area (Å²) in [5.74, 6) is 0.593. The minimum Gasteiger partial charge on any atom is -1.00 e. The number of halogens is 2. The second-order valence-corrected chi connectivity index (χ2v) is 19.0. The van der Waals surface area contributed by atoms with Crippen LogP contribution in [0, 0.1) is 27.7 Å². The van der Waals surface area contributed by atoms with Gasteiger partial charge >= 0.3 is 58.9 Å². The zero-order valence-corrected chi connectivity index (χ0v) is 29.9. The monoisotopic (exact) mass is 680 g/mol. The molecular formula is C33H40Cl2FeSiZr-2. The number of rotatable bonds is 2. The van der Waals surface area contributed by atoms with Crippen LogP contribution in [0.1, 0.15) is 47.6 Å². The van der Waals surface area contributed by atoms with Crippen LogP contribution in [0.15, 0.2) is 91.0 Å². The van der Waals surface area contributed by atoms with Crippen LogP contribution in [0.25, 0.3) is 21.9 Å². The van der Waals surface area contributed by atoms with Crippen LogP contribution in [0.5, 0.6) is 0 Å². The van der Waals surface area contributed by atoms with Gasteiger partial charge in [-0.1, -0.05) is 41.5 Å². The molecule has 0 fully saturated rings. The second-order valence-electron chi connectivity index (χ2n) is 9.65. The van der Waals surface area contributed by atoms with Crippen LogP contribution < -0.4 is 24.8 Å². The fourth-order valence-electron chi connectivity index (χ4n) is 3.85. The van der Waals surface area contributed by atoms with Crippen LogP contribution in [-0.2, 0) is 40.4 Å². The van der Waals surface area contributed by atoms with E-state index in [9.17, 15) is 0 Å². The first-order chi connectivity index (χ1) is 16.6. The molecule has 5 rings (SSSR count). The molecule has 0 heterocycles. The maximum absolute atomic E-state index is 2.34. The van der Waals surface area contributed by atoms with Crippen molar-refractivity contribution < 1.29 is 65.2 Å². The molecule has 0 nitrogen and oxygen atoms in total. The predicted molar refractivity (Wildman–Crippen MR) is 155 cm³/mol. The summed E-state index contributed by atoms with van der Waals surface area (Å²) in [6.45, 7) is 17.8. The van der Waals surface area contributed by atoms with Gasteiger partial charge < -0.3 is 24.8 Å². The maximum Gasteiger partial charge on any atom is 2.00 e. The minimum absolute atomic E-state index is 0. The zero-order chi connectivity index (χ0) is 26.0. The Bertz CT molecular complexity index is 1250. The molecule has 0 N–H and O–H groups in total. The molecule has 0 spiro atoms. The largest absolute Gasteiger partial charge is 2.00 e. The summed E-state index contributed by atoms with van der Waals surface area (Å²) < 4.78 is 0. The Balaban J connectivity index is 0. The molecule has 5 aromatic rings. The van der Waals surface area contributed by atoms with E-state index in [-0.39, 0.29) is 47.3 Å². The molecule has 5 aromatic carbocycles. The number of aryl methyl sites for hydroxylation is 2. The van der Waals surface area contributed by atoms with Gasteiger partial charge in [-0.05, 0) is 5.92 Å². The standard InChI is InChI=1S/C17H16.C9H13.C5H5.C2H6Si.2ClH.Fe.Zr/c1-12(2)15-10-14-8-5-9-16(17(14)11-15)13-6-3-4-7-13;1-6-5-7(2)9(4)8(6)3;1-2-4-5-3-1;1-3-2;;;;/h3-12H,1-2H3;5H,1-4H3;1-5H;1-2H3;2*1H;;/q-2;2*-1;;;;2*+2/p-2. The van der Waals surface area contributed by atoms with Crippen molar-refractivity contribution in [3.63, 3.8) is 0 Å². The van der Waals surface area contributed by atoms with E-state index in [4.69, 9.17) is 0 Å². The fraction of sp³-hybridized carbons (Fsp3) is 0.273. The molecule has 0 aliphatic heterocycles. The van der Waals surface area contributed by atoms with Gasteiger partial charge in [-0.25, -0.2) is 12.1 Å². The van der Waals surface area contributed by atoms with Crippen molar-refractivity contribution in [3.8, 4) is 11.1 Å².